The minimum atomic E-state index is -2.07. The molecule has 0 spiro atoms. The number of aliphatic hydroxyl groups is 1. The van der Waals surface area contributed by atoms with Crippen molar-refractivity contribution >= 4 is 11.8 Å². The highest BCUT2D eigenvalue weighted by Gasteiger charge is 2.58. The summed E-state index contributed by atoms with van der Waals surface area (Å²) in [4.78, 5) is 24.5. The van der Waals surface area contributed by atoms with Crippen LogP contribution in [0.4, 0.5) is 0 Å². The Labute approximate surface area is 151 Å². The van der Waals surface area contributed by atoms with Crippen LogP contribution in [0.15, 0.2) is 30.3 Å². The first-order valence-electron chi connectivity index (χ1n) is 9.03. The van der Waals surface area contributed by atoms with Crippen molar-refractivity contribution in [2.75, 3.05) is 6.61 Å². The Bertz CT molecular complexity index is 676. The van der Waals surface area contributed by atoms with Crippen molar-refractivity contribution in [3.05, 3.63) is 35.9 Å². The lowest BCUT2D eigenvalue weighted by molar-refractivity contribution is -0.408. The summed E-state index contributed by atoms with van der Waals surface area (Å²) in [7, 11) is 0. The number of carbonyl (C=O) groups excluding carboxylic acids is 2. The molecule has 0 amide bonds. The van der Waals surface area contributed by atoms with Crippen LogP contribution in [0.2, 0.25) is 0 Å². The summed E-state index contributed by atoms with van der Waals surface area (Å²) in [6.45, 7) is -0.0937. The molecule has 2 aliphatic heterocycles. The van der Waals surface area contributed by atoms with Crippen LogP contribution in [-0.4, -0.2) is 53.9 Å². The van der Waals surface area contributed by atoms with Crippen LogP contribution in [0.5, 0.6) is 0 Å². The first-order valence-corrected chi connectivity index (χ1v) is 9.03. The molecule has 1 aromatic carbocycles. The van der Waals surface area contributed by atoms with Crippen molar-refractivity contribution < 1.29 is 33.6 Å². The normalized spacial score (nSPS) is 36.7. The average Bonchev–Trinajstić information content (AvgIpc) is 2.66. The maximum absolute atomic E-state index is 12.5. The summed E-state index contributed by atoms with van der Waals surface area (Å²) in [6.07, 6.45) is 1.12. The molecule has 5 atom stereocenters. The van der Waals surface area contributed by atoms with Gasteiger partial charge in [0.25, 0.3) is 5.79 Å². The Kier molecular flexibility index (Phi) is 4.79. The summed E-state index contributed by atoms with van der Waals surface area (Å²) in [5, 5.41) is 10.6. The third kappa shape index (κ3) is 3.27. The molecule has 7 heteroatoms. The predicted molar refractivity (Wildman–Crippen MR) is 88.2 cm³/mol. The second-order valence-corrected chi connectivity index (χ2v) is 6.99. The van der Waals surface area contributed by atoms with E-state index in [-0.39, 0.29) is 25.2 Å². The van der Waals surface area contributed by atoms with E-state index in [1.807, 2.05) is 0 Å². The zero-order valence-electron chi connectivity index (χ0n) is 14.3. The number of carbonyl (C=O) groups is 2. The van der Waals surface area contributed by atoms with Gasteiger partial charge in [-0.15, -0.1) is 0 Å². The molecule has 2 saturated heterocycles. The van der Waals surface area contributed by atoms with E-state index in [1.165, 1.54) is 0 Å². The lowest BCUT2D eigenvalue weighted by Crippen LogP contribution is -2.67. The van der Waals surface area contributed by atoms with Crippen molar-refractivity contribution in [1.82, 2.24) is 0 Å². The first kappa shape index (κ1) is 17.6. The lowest BCUT2D eigenvalue weighted by Gasteiger charge is -2.49. The number of Topliss-reactive ketones (excluding diaryl/α,β-unsaturated/α-hetero) is 1. The van der Waals surface area contributed by atoms with E-state index >= 15 is 0 Å². The van der Waals surface area contributed by atoms with Gasteiger partial charge in [0.2, 0.25) is 6.29 Å². The molecule has 1 saturated carbocycles. The highest BCUT2D eigenvalue weighted by atomic mass is 16.8. The SMILES string of the molecule is O=C(OC[C@@H]1CC(=O)[C@]2(O)O[C@@H]3CCCC[C@H]3O[C@@H]2O1)c1ccccc1. The van der Waals surface area contributed by atoms with Crippen LogP contribution >= 0.6 is 0 Å². The van der Waals surface area contributed by atoms with E-state index in [0.717, 1.165) is 25.7 Å². The lowest BCUT2D eigenvalue weighted by atomic mass is 9.91. The standard InChI is InChI=1S/C19H22O7/c20-16-10-13(11-23-17(21)12-6-2-1-3-7-12)24-18-19(16,22)26-15-9-5-4-8-14(15)25-18/h1-3,6-7,13-15,18,22H,4-5,8-11H2/t13-,14+,15+,18-,19-/m0/s1. The van der Waals surface area contributed by atoms with Gasteiger partial charge >= 0.3 is 5.97 Å². The molecule has 3 fully saturated rings. The van der Waals surface area contributed by atoms with Gasteiger partial charge in [-0.2, -0.15) is 0 Å². The van der Waals surface area contributed by atoms with Gasteiger partial charge in [-0.1, -0.05) is 31.0 Å². The largest absolute Gasteiger partial charge is 0.459 e. The smallest absolute Gasteiger partial charge is 0.338 e. The third-order valence-corrected chi connectivity index (χ3v) is 5.13. The molecule has 0 unspecified atom stereocenters. The number of rotatable bonds is 3. The molecular formula is C19H22O7. The van der Waals surface area contributed by atoms with E-state index in [9.17, 15) is 14.7 Å². The van der Waals surface area contributed by atoms with E-state index in [0.29, 0.717) is 5.56 Å². The Morgan fingerprint density at radius 1 is 1.15 bits per heavy atom. The van der Waals surface area contributed by atoms with Gasteiger partial charge in [0.1, 0.15) is 12.7 Å². The van der Waals surface area contributed by atoms with E-state index in [4.69, 9.17) is 18.9 Å². The van der Waals surface area contributed by atoms with E-state index in [1.54, 1.807) is 30.3 Å². The van der Waals surface area contributed by atoms with Crippen LogP contribution in [-0.2, 0) is 23.7 Å². The molecule has 1 aliphatic carbocycles. The number of ether oxygens (including phenoxy) is 4. The van der Waals surface area contributed by atoms with Gasteiger partial charge < -0.3 is 24.1 Å². The van der Waals surface area contributed by atoms with Crippen molar-refractivity contribution in [1.29, 1.82) is 0 Å². The number of ketones is 1. The van der Waals surface area contributed by atoms with Gasteiger partial charge in [-0.05, 0) is 25.0 Å². The fourth-order valence-electron chi connectivity index (χ4n) is 3.71. The molecule has 4 rings (SSSR count). The number of esters is 1. The molecule has 26 heavy (non-hydrogen) atoms. The Morgan fingerprint density at radius 3 is 2.65 bits per heavy atom. The van der Waals surface area contributed by atoms with Gasteiger partial charge in [-0.25, -0.2) is 4.79 Å². The van der Waals surface area contributed by atoms with Crippen molar-refractivity contribution in [2.45, 2.75) is 62.5 Å². The van der Waals surface area contributed by atoms with Crippen molar-refractivity contribution in [2.24, 2.45) is 0 Å². The number of hydrogen-bond donors (Lipinski definition) is 1. The average molecular weight is 362 g/mol. The second-order valence-electron chi connectivity index (χ2n) is 6.99. The Balaban J connectivity index is 1.39. The number of hydrogen-bond acceptors (Lipinski definition) is 7. The summed E-state index contributed by atoms with van der Waals surface area (Å²) < 4.78 is 22.5. The molecular weight excluding hydrogens is 340 g/mol. The second kappa shape index (κ2) is 7.08. The molecule has 140 valence electrons. The molecule has 1 N–H and O–H groups in total. The van der Waals surface area contributed by atoms with Gasteiger partial charge in [-0.3, -0.25) is 4.79 Å². The van der Waals surface area contributed by atoms with E-state index in [2.05, 4.69) is 0 Å². The maximum atomic E-state index is 12.5. The molecule has 3 aliphatic rings. The highest BCUT2D eigenvalue weighted by Crippen LogP contribution is 2.39. The van der Waals surface area contributed by atoms with Crippen LogP contribution in [0.1, 0.15) is 42.5 Å². The highest BCUT2D eigenvalue weighted by molar-refractivity contribution is 5.89. The fourth-order valence-corrected chi connectivity index (χ4v) is 3.71. The minimum Gasteiger partial charge on any atom is -0.459 e. The zero-order chi connectivity index (χ0) is 18.1. The zero-order valence-corrected chi connectivity index (χ0v) is 14.3. The first-order chi connectivity index (χ1) is 12.6. The Morgan fingerprint density at radius 2 is 1.88 bits per heavy atom. The van der Waals surface area contributed by atoms with Crippen molar-refractivity contribution in [3.63, 3.8) is 0 Å². The molecule has 7 nitrogen and oxygen atoms in total. The molecule has 2 heterocycles. The molecule has 0 radical (unpaired) electrons. The van der Waals surface area contributed by atoms with Gasteiger partial charge in [0.05, 0.1) is 17.8 Å². The van der Waals surface area contributed by atoms with Gasteiger partial charge in [0.15, 0.2) is 5.78 Å². The van der Waals surface area contributed by atoms with Crippen molar-refractivity contribution in [3.8, 4) is 0 Å². The number of fused-ring (bicyclic) bond motifs is 2. The molecule has 1 aromatic rings. The monoisotopic (exact) mass is 362 g/mol. The van der Waals surface area contributed by atoms with E-state index < -0.39 is 29.9 Å². The molecule has 0 aromatic heterocycles. The third-order valence-electron chi connectivity index (χ3n) is 5.13. The maximum Gasteiger partial charge on any atom is 0.338 e. The summed E-state index contributed by atoms with van der Waals surface area (Å²) in [6, 6.07) is 8.58. The summed E-state index contributed by atoms with van der Waals surface area (Å²) in [5.41, 5.74) is 0.424. The predicted octanol–water partition coefficient (Wildman–Crippen LogP) is 1.57. The fraction of sp³-hybridized carbons (Fsp3) is 0.579. The van der Waals surface area contributed by atoms with Crippen LogP contribution in [0.25, 0.3) is 0 Å². The molecule has 0 bridgehead atoms. The topological polar surface area (TPSA) is 91.3 Å². The summed E-state index contributed by atoms with van der Waals surface area (Å²) >= 11 is 0. The van der Waals surface area contributed by atoms with Crippen LogP contribution in [0.3, 0.4) is 0 Å². The van der Waals surface area contributed by atoms with Crippen LogP contribution < -0.4 is 0 Å². The quantitative estimate of drug-likeness (QED) is 0.816. The summed E-state index contributed by atoms with van der Waals surface area (Å²) in [5.74, 6) is -3.06. The van der Waals surface area contributed by atoms with Gasteiger partial charge in [0, 0.05) is 6.42 Å². The van der Waals surface area contributed by atoms with Crippen LogP contribution in [0, 0.1) is 0 Å². The minimum absolute atomic E-state index is 0.0937. The number of benzene rings is 1. The Hall–Kier alpha value is -1.80.